The number of ketones is 1. The summed E-state index contributed by atoms with van der Waals surface area (Å²) in [4.78, 5) is 22.4. The molecule has 0 bridgehead atoms. The summed E-state index contributed by atoms with van der Waals surface area (Å²) in [6, 6.07) is 1.48. The highest BCUT2D eigenvalue weighted by atomic mass is 79.9. The highest BCUT2D eigenvalue weighted by Gasteiger charge is 2.25. The van der Waals surface area contributed by atoms with Crippen LogP contribution in [0.1, 0.15) is 22.8 Å². The van der Waals surface area contributed by atoms with Crippen molar-refractivity contribution in [1.29, 1.82) is 0 Å². The third-order valence-electron chi connectivity index (χ3n) is 2.48. The number of rotatable bonds is 5. The number of halogens is 1. The van der Waals surface area contributed by atoms with Crippen LogP contribution < -0.4 is 9.47 Å². The third-order valence-corrected chi connectivity index (χ3v) is 3.20. The van der Waals surface area contributed by atoms with Gasteiger partial charge in [-0.2, -0.15) is 0 Å². The molecule has 5 nitrogen and oxygen atoms in total. The fourth-order valence-corrected chi connectivity index (χ4v) is 2.43. The third kappa shape index (κ3) is 2.48. The topological polar surface area (TPSA) is 72.8 Å². The van der Waals surface area contributed by atoms with Gasteiger partial charge in [-0.3, -0.25) is 4.79 Å². The number of carboxylic acid groups (broad SMARTS) is 1. The first kappa shape index (κ1) is 14.5. The number of benzene rings is 1. The van der Waals surface area contributed by atoms with Crippen molar-refractivity contribution in [3.8, 4) is 11.5 Å². The first-order chi connectivity index (χ1) is 8.47. The Morgan fingerprint density at radius 2 is 1.83 bits per heavy atom. The van der Waals surface area contributed by atoms with E-state index in [1.165, 1.54) is 20.3 Å². The lowest BCUT2D eigenvalue weighted by Crippen LogP contribution is -2.15. The Morgan fingerprint density at radius 1 is 1.28 bits per heavy atom. The Morgan fingerprint density at radius 3 is 2.22 bits per heavy atom. The van der Waals surface area contributed by atoms with Crippen LogP contribution in [0, 0.1) is 0 Å². The molecule has 18 heavy (non-hydrogen) atoms. The number of methoxy groups -OCH3 is 2. The standard InChI is InChI=1S/C12H13BrO5/c1-4-6-5-7(9(14)12(15)16)11(18-3)8(13)10(6)17-2/h5H,4H2,1-3H3,(H,15,16). The molecule has 0 aliphatic carbocycles. The van der Waals surface area contributed by atoms with E-state index in [9.17, 15) is 9.59 Å². The quantitative estimate of drug-likeness (QED) is 0.666. The fourth-order valence-electron chi connectivity index (χ4n) is 1.63. The van der Waals surface area contributed by atoms with Crippen LogP contribution >= 0.6 is 15.9 Å². The second-order valence-corrected chi connectivity index (χ2v) is 4.24. The maximum Gasteiger partial charge on any atom is 0.377 e. The average Bonchev–Trinajstić information content (AvgIpc) is 2.36. The predicted octanol–water partition coefficient (Wildman–Crippen LogP) is 2.30. The molecular weight excluding hydrogens is 304 g/mol. The Labute approximate surface area is 113 Å². The van der Waals surface area contributed by atoms with E-state index >= 15 is 0 Å². The summed E-state index contributed by atoms with van der Waals surface area (Å²) in [6.07, 6.45) is 0.603. The van der Waals surface area contributed by atoms with Gasteiger partial charge in [-0.15, -0.1) is 0 Å². The van der Waals surface area contributed by atoms with Crippen LogP contribution in [0.4, 0.5) is 0 Å². The Bertz CT molecular complexity index is 496. The van der Waals surface area contributed by atoms with Crippen molar-refractivity contribution < 1.29 is 24.2 Å². The number of carboxylic acids is 1. The van der Waals surface area contributed by atoms with Crippen LogP contribution in [-0.4, -0.2) is 31.1 Å². The normalized spacial score (nSPS) is 10.0. The average molecular weight is 317 g/mol. The lowest BCUT2D eigenvalue weighted by molar-refractivity contribution is -0.131. The second-order valence-electron chi connectivity index (χ2n) is 3.45. The lowest BCUT2D eigenvalue weighted by Gasteiger charge is -2.15. The van der Waals surface area contributed by atoms with E-state index in [0.717, 1.165) is 5.56 Å². The molecule has 0 radical (unpaired) electrons. The molecule has 0 heterocycles. The van der Waals surface area contributed by atoms with Crippen molar-refractivity contribution in [2.24, 2.45) is 0 Å². The van der Waals surface area contributed by atoms with E-state index < -0.39 is 11.8 Å². The van der Waals surface area contributed by atoms with Gasteiger partial charge in [-0.05, 0) is 34.0 Å². The van der Waals surface area contributed by atoms with E-state index in [1.54, 1.807) is 0 Å². The van der Waals surface area contributed by atoms with E-state index in [0.29, 0.717) is 16.6 Å². The first-order valence-electron chi connectivity index (χ1n) is 5.18. The van der Waals surface area contributed by atoms with Crippen LogP contribution in [-0.2, 0) is 11.2 Å². The van der Waals surface area contributed by atoms with E-state index in [2.05, 4.69) is 15.9 Å². The minimum absolute atomic E-state index is 0.00882. The van der Waals surface area contributed by atoms with Crippen molar-refractivity contribution in [1.82, 2.24) is 0 Å². The molecule has 0 fully saturated rings. The number of Topliss-reactive ketones (excluding diaryl/α,β-unsaturated/α-hetero) is 1. The Hall–Kier alpha value is -1.56. The number of carbonyl (C=O) groups is 2. The second kappa shape index (κ2) is 5.86. The molecule has 1 rings (SSSR count). The van der Waals surface area contributed by atoms with Crippen molar-refractivity contribution in [3.05, 3.63) is 21.7 Å². The van der Waals surface area contributed by atoms with E-state index in [4.69, 9.17) is 14.6 Å². The molecule has 1 aromatic carbocycles. The molecule has 0 unspecified atom stereocenters. The summed E-state index contributed by atoms with van der Waals surface area (Å²) in [6.45, 7) is 1.88. The molecule has 1 N–H and O–H groups in total. The van der Waals surface area contributed by atoms with Crippen molar-refractivity contribution in [3.63, 3.8) is 0 Å². The SMILES string of the molecule is CCc1cc(C(=O)C(=O)O)c(OC)c(Br)c1OC. The molecule has 0 amide bonds. The van der Waals surface area contributed by atoms with Gasteiger partial charge in [0.05, 0.1) is 19.8 Å². The largest absolute Gasteiger partial charge is 0.495 e. The van der Waals surface area contributed by atoms with Gasteiger partial charge in [-0.1, -0.05) is 6.92 Å². The predicted molar refractivity (Wildman–Crippen MR) is 68.6 cm³/mol. The summed E-state index contributed by atoms with van der Waals surface area (Å²) in [5.41, 5.74) is 0.740. The van der Waals surface area contributed by atoms with Crippen molar-refractivity contribution in [2.75, 3.05) is 14.2 Å². The van der Waals surface area contributed by atoms with Gasteiger partial charge in [0.15, 0.2) is 0 Å². The molecule has 0 aliphatic heterocycles. The van der Waals surface area contributed by atoms with Crippen LogP contribution in [0.15, 0.2) is 10.5 Å². The molecule has 0 aliphatic rings. The fraction of sp³-hybridized carbons (Fsp3) is 0.333. The number of hydrogen-bond donors (Lipinski definition) is 1. The molecule has 0 atom stereocenters. The molecule has 0 saturated heterocycles. The minimum atomic E-state index is -1.52. The zero-order valence-electron chi connectivity index (χ0n) is 10.2. The van der Waals surface area contributed by atoms with Gasteiger partial charge >= 0.3 is 5.97 Å². The van der Waals surface area contributed by atoms with E-state index in [1.807, 2.05) is 6.92 Å². The number of carbonyl (C=O) groups excluding carboxylic acids is 1. The zero-order valence-corrected chi connectivity index (χ0v) is 11.8. The van der Waals surface area contributed by atoms with Gasteiger partial charge < -0.3 is 14.6 Å². The van der Waals surface area contributed by atoms with Crippen LogP contribution in [0.2, 0.25) is 0 Å². The summed E-state index contributed by atoms with van der Waals surface area (Å²) < 4.78 is 10.7. The maximum atomic E-state index is 11.6. The van der Waals surface area contributed by atoms with Gasteiger partial charge in [0.25, 0.3) is 5.78 Å². The summed E-state index contributed by atoms with van der Waals surface area (Å²) in [7, 11) is 2.86. The lowest BCUT2D eigenvalue weighted by atomic mass is 10.0. The summed E-state index contributed by atoms with van der Waals surface area (Å²) >= 11 is 3.27. The number of aryl methyl sites for hydroxylation is 1. The number of ether oxygens (including phenoxy) is 2. The molecule has 0 saturated carbocycles. The summed E-state index contributed by atoms with van der Waals surface area (Å²) in [5.74, 6) is -1.83. The first-order valence-corrected chi connectivity index (χ1v) is 5.98. The molecular formula is C12H13BrO5. The van der Waals surface area contributed by atoms with Gasteiger partial charge in [-0.25, -0.2) is 4.79 Å². The maximum absolute atomic E-state index is 11.6. The Kier molecular flexibility index (Phi) is 4.72. The molecule has 6 heteroatoms. The minimum Gasteiger partial charge on any atom is -0.495 e. The summed E-state index contributed by atoms with van der Waals surface area (Å²) in [5, 5.41) is 8.78. The Balaban J connectivity index is 3.57. The van der Waals surface area contributed by atoms with Crippen molar-refractivity contribution in [2.45, 2.75) is 13.3 Å². The highest BCUT2D eigenvalue weighted by Crippen LogP contribution is 2.40. The van der Waals surface area contributed by atoms with Gasteiger partial charge in [0.1, 0.15) is 16.0 Å². The smallest absolute Gasteiger partial charge is 0.377 e. The molecule has 0 spiro atoms. The monoisotopic (exact) mass is 316 g/mol. The zero-order chi connectivity index (χ0) is 13.9. The van der Waals surface area contributed by atoms with Crippen LogP contribution in [0.5, 0.6) is 11.5 Å². The van der Waals surface area contributed by atoms with E-state index in [-0.39, 0.29) is 11.3 Å². The van der Waals surface area contributed by atoms with Crippen LogP contribution in [0.3, 0.4) is 0 Å². The van der Waals surface area contributed by atoms with Crippen LogP contribution in [0.25, 0.3) is 0 Å². The van der Waals surface area contributed by atoms with Crippen molar-refractivity contribution >= 4 is 27.7 Å². The molecule has 98 valence electrons. The highest BCUT2D eigenvalue weighted by molar-refractivity contribution is 9.10. The molecule has 0 aromatic heterocycles. The van der Waals surface area contributed by atoms with Gasteiger partial charge in [0, 0.05) is 0 Å². The number of hydrogen-bond acceptors (Lipinski definition) is 4. The number of aliphatic carboxylic acids is 1. The van der Waals surface area contributed by atoms with Gasteiger partial charge in [0.2, 0.25) is 0 Å². The molecule has 1 aromatic rings.